The molecule has 0 aliphatic carbocycles. The van der Waals surface area contributed by atoms with Crippen LogP contribution in [-0.2, 0) is 0 Å². The first-order valence-corrected chi connectivity index (χ1v) is 4.34. The van der Waals surface area contributed by atoms with Crippen molar-refractivity contribution >= 4 is 11.5 Å². The summed E-state index contributed by atoms with van der Waals surface area (Å²) in [6.07, 6.45) is 0. The van der Waals surface area contributed by atoms with Crippen molar-refractivity contribution in [2.24, 2.45) is 0 Å². The number of hydrogen-bond acceptors (Lipinski definition) is 1. The van der Waals surface area contributed by atoms with Gasteiger partial charge in [0.1, 0.15) is 5.69 Å². The van der Waals surface area contributed by atoms with Gasteiger partial charge in [0.15, 0.2) is 5.78 Å². The van der Waals surface area contributed by atoms with E-state index in [0.717, 1.165) is 10.0 Å². The van der Waals surface area contributed by atoms with Gasteiger partial charge >= 0.3 is 0 Å². The molecular weight excluding hydrogens is 162 g/mol. The van der Waals surface area contributed by atoms with Crippen LogP contribution in [0.5, 0.6) is 0 Å². The van der Waals surface area contributed by atoms with Gasteiger partial charge in [0.25, 0.3) is 0 Å². The van der Waals surface area contributed by atoms with Gasteiger partial charge < -0.3 is 0 Å². The number of carbonyl (C=O) groups is 1. The van der Waals surface area contributed by atoms with Crippen molar-refractivity contribution in [2.45, 2.75) is 6.92 Å². The number of benzene rings is 1. The molecule has 0 spiro atoms. The van der Waals surface area contributed by atoms with E-state index in [1.165, 1.54) is 5.69 Å². The fraction of sp³-hybridized carbons (Fsp3) is 0.364. The Hall–Kier alpha value is -1.15. The minimum Gasteiger partial charge on any atom is -0.298 e. The Morgan fingerprint density at radius 1 is 1.08 bits per heavy atom. The first-order valence-electron chi connectivity index (χ1n) is 4.34. The summed E-state index contributed by atoms with van der Waals surface area (Å²) in [5.74, 6) is 0.118. The summed E-state index contributed by atoms with van der Waals surface area (Å²) in [5, 5.41) is 0. The molecule has 0 atom stereocenters. The number of Topliss-reactive ketones (excluding diaryl/α,β-unsaturated/α-hetero) is 1. The van der Waals surface area contributed by atoms with Crippen LogP contribution in [-0.4, -0.2) is 26.9 Å². The normalized spacial score (nSPS) is 11.4. The quantitative estimate of drug-likeness (QED) is 0.500. The van der Waals surface area contributed by atoms with Crippen LogP contribution >= 0.6 is 0 Å². The summed E-state index contributed by atoms with van der Waals surface area (Å²) in [4.78, 5) is 11.0. The van der Waals surface area contributed by atoms with Gasteiger partial charge in [-0.2, -0.15) is 0 Å². The van der Waals surface area contributed by atoms with E-state index in [2.05, 4.69) is 21.1 Å². The lowest BCUT2D eigenvalue weighted by Gasteiger charge is -2.23. The molecule has 0 unspecified atom stereocenters. The molecule has 0 saturated carbocycles. The molecule has 0 saturated heterocycles. The van der Waals surface area contributed by atoms with Gasteiger partial charge in [-0.25, -0.2) is 0 Å². The second kappa shape index (κ2) is 3.30. The lowest BCUT2D eigenvalue weighted by Crippen LogP contribution is -2.34. The van der Waals surface area contributed by atoms with E-state index < -0.39 is 0 Å². The lowest BCUT2D eigenvalue weighted by atomic mass is 10.1. The fourth-order valence-corrected chi connectivity index (χ4v) is 1.14. The Balaban J connectivity index is 3.01. The molecule has 1 aromatic rings. The predicted octanol–water partition coefficient (Wildman–Crippen LogP) is 2.09. The minimum atomic E-state index is 0.118. The van der Waals surface area contributed by atoms with Crippen molar-refractivity contribution in [1.82, 2.24) is 4.48 Å². The highest BCUT2D eigenvalue weighted by molar-refractivity contribution is 5.94. The van der Waals surface area contributed by atoms with Gasteiger partial charge in [-0.05, 0) is 31.2 Å². The van der Waals surface area contributed by atoms with Crippen LogP contribution in [0.1, 0.15) is 17.3 Å². The zero-order chi connectivity index (χ0) is 10.1. The molecule has 13 heavy (non-hydrogen) atoms. The molecule has 0 aliphatic rings. The lowest BCUT2D eigenvalue weighted by molar-refractivity contribution is 0.101. The highest BCUT2D eigenvalue weighted by Crippen LogP contribution is 2.17. The van der Waals surface area contributed by atoms with Crippen LogP contribution in [0.15, 0.2) is 24.3 Å². The standard InChI is InChI=1S/C11H16NO/c1-9(13)10-5-7-11(8-6-10)12(2,3)4/h5-8H,1-4H3/q+1. The maximum Gasteiger partial charge on any atom is 0.159 e. The molecule has 70 valence electrons. The van der Waals surface area contributed by atoms with Gasteiger partial charge in [0, 0.05) is 5.56 Å². The molecule has 2 heteroatoms. The third-order valence-corrected chi connectivity index (χ3v) is 2.05. The molecule has 1 rings (SSSR count). The number of quaternary nitrogens is 1. The topological polar surface area (TPSA) is 17.1 Å². The van der Waals surface area contributed by atoms with Gasteiger partial charge in [-0.1, -0.05) is 0 Å². The number of hydrogen-bond donors (Lipinski definition) is 0. The molecule has 2 nitrogen and oxygen atoms in total. The van der Waals surface area contributed by atoms with Crippen LogP contribution in [0.25, 0.3) is 0 Å². The zero-order valence-corrected chi connectivity index (χ0v) is 8.66. The van der Waals surface area contributed by atoms with Gasteiger partial charge in [0.2, 0.25) is 0 Å². The molecule has 1 aromatic carbocycles. The summed E-state index contributed by atoms with van der Waals surface area (Å²) in [6, 6.07) is 7.75. The van der Waals surface area contributed by atoms with Crippen molar-refractivity contribution in [3.63, 3.8) is 0 Å². The molecule has 0 amide bonds. The first kappa shape index (κ1) is 9.93. The zero-order valence-electron chi connectivity index (χ0n) is 8.66. The predicted molar refractivity (Wildman–Crippen MR) is 56.0 cm³/mol. The molecule has 0 aromatic heterocycles. The van der Waals surface area contributed by atoms with Crippen molar-refractivity contribution in [3.8, 4) is 0 Å². The summed E-state index contributed by atoms with van der Waals surface area (Å²) in [5.41, 5.74) is 1.97. The van der Waals surface area contributed by atoms with Crippen molar-refractivity contribution in [3.05, 3.63) is 29.8 Å². The summed E-state index contributed by atoms with van der Waals surface area (Å²) in [6.45, 7) is 1.58. The summed E-state index contributed by atoms with van der Waals surface area (Å²) in [7, 11) is 6.30. The molecule has 0 bridgehead atoms. The van der Waals surface area contributed by atoms with Crippen LogP contribution in [0.2, 0.25) is 0 Å². The monoisotopic (exact) mass is 178 g/mol. The van der Waals surface area contributed by atoms with Crippen molar-refractivity contribution in [2.75, 3.05) is 21.1 Å². The smallest absolute Gasteiger partial charge is 0.159 e. The van der Waals surface area contributed by atoms with Crippen molar-refractivity contribution in [1.29, 1.82) is 0 Å². The van der Waals surface area contributed by atoms with Gasteiger partial charge in [0.05, 0.1) is 21.1 Å². The molecule has 0 fully saturated rings. The number of nitrogens with zero attached hydrogens (tertiary/aromatic N) is 1. The highest BCUT2D eigenvalue weighted by Gasteiger charge is 2.11. The van der Waals surface area contributed by atoms with Gasteiger partial charge in [-0.15, -0.1) is 0 Å². The Morgan fingerprint density at radius 2 is 1.54 bits per heavy atom. The first-order chi connectivity index (χ1) is 5.91. The second-order valence-corrected chi connectivity index (χ2v) is 4.12. The van der Waals surface area contributed by atoms with Gasteiger partial charge in [-0.3, -0.25) is 9.28 Å². The van der Waals surface area contributed by atoms with E-state index in [0.29, 0.717) is 0 Å². The maximum absolute atomic E-state index is 11.0. The minimum absolute atomic E-state index is 0.118. The SMILES string of the molecule is CC(=O)c1ccc([N+](C)(C)C)cc1. The molecule has 0 heterocycles. The molecule has 0 radical (unpaired) electrons. The third kappa shape index (κ3) is 2.39. The highest BCUT2D eigenvalue weighted by atomic mass is 16.1. The number of rotatable bonds is 2. The Kier molecular flexibility index (Phi) is 2.52. The maximum atomic E-state index is 11.0. The molecular formula is C11H16NO+. The largest absolute Gasteiger partial charge is 0.298 e. The fourth-order valence-electron chi connectivity index (χ4n) is 1.14. The van der Waals surface area contributed by atoms with Crippen molar-refractivity contribution < 1.29 is 4.79 Å². The van der Waals surface area contributed by atoms with E-state index in [1.54, 1.807) is 6.92 Å². The number of carbonyl (C=O) groups excluding carboxylic acids is 1. The van der Waals surface area contributed by atoms with E-state index in [-0.39, 0.29) is 5.78 Å². The molecule has 0 N–H and O–H groups in total. The Labute approximate surface area is 79.4 Å². The van der Waals surface area contributed by atoms with Crippen LogP contribution in [0.4, 0.5) is 5.69 Å². The Bertz CT molecular complexity index is 306. The van der Waals surface area contributed by atoms with Crippen LogP contribution < -0.4 is 4.48 Å². The third-order valence-electron chi connectivity index (χ3n) is 2.05. The summed E-state index contributed by atoms with van der Waals surface area (Å²) < 4.78 is 0.776. The van der Waals surface area contributed by atoms with E-state index in [4.69, 9.17) is 0 Å². The summed E-state index contributed by atoms with van der Waals surface area (Å²) >= 11 is 0. The van der Waals surface area contributed by atoms with E-state index in [1.807, 2.05) is 24.3 Å². The van der Waals surface area contributed by atoms with Crippen LogP contribution in [0.3, 0.4) is 0 Å². The van der Waals surface area contributed by atoms with Crippen LogP contribution in [0, 0.1) is 0 Å². The Morgan fingerprint density at radius 3 is 1.85 bits per heavy atom. The van der Waals surface area contributed by atoms with E-state index in [9.17, 15) is 4.79 Å². The molecule has 0 aliphatic heterocycles. The van der Waals surface area contributed by atoms with E-state index >= 15 is 0 Å². The second-order valence-electron chi connectivity index (χ2n) is 4.12. The average Bonchev–Trinajstić information content (AvgIpc) is 2.03. The number of ketones is 1. The average molecular weight is 178 g/mol.